The smallest absolute Gasteiger partial charge is 0.449 e. The molecule has 140 valence electrons. The van der Waals surface area contributed by atoms with Crippen molar-refractivity contribution in [2.24, 2.45) is 5.92 Å². The van der Waals surface area contributed by atoms with E-state index >= 15 is 0 Å². The number of benzene rings is 1. The molecule has 0 spiro atoms. The fourth-order valence-corrected chi connectivity index (χ4v) is 2.78. The molecule has 0 fully saturated rings. The monoisotopic (exact) mass is 376 g/mol. The fraction of sp³-hybridized carbons (Fsp3) is 0.421. The SMILES string of the molecule is CC(C)CSc1ncc(OC(=O)O)c(Oc2ccc(C(C)(C)C)cc2)n1. The molecule has 1 aromatic carbocycles. The topological polar surface area (TPSA) is 81.5 Å². The summed E-state index contributed by atoms with van der Waals surface area (Å²) >= 11 is 1.48. The number of thioether (sulfide) groups is 1. The molecule has 7 heteroatoms. The molecule has 2 rings (SSSR count). The summed E-state index contributed by atoms with van der Waals surface area (Å²) in [4.78, 5) is 19.3. The molecule has 1 N–H and O–H groups in total. The van der Waals surface area contributed by atoms with Crippen molar-refractivity contribution in [2.75, 3.05) is 5.75 Å². The lowest BCUT2D eigenvalue weighted by molar-refractivity contribution is 0.142. The van der Waals surface area contributed by atoms with Gasteiger partial charge in [-0.15, -0.1) is 0 Å². The molecule has 0 aliphatic carbocycles. The molecule has 0 saturated carbocycles. The van der Waals surface area contributed by atoms with Gasteiger partial charge in [0.05, 0.1) is 6.20 Å². The van der Waals surface area contributed by atoms with Crippen LogP contribution in [0.1, 0.15) is 40.2 Å². The maximum absolute atomic E-state index is 10.9. The highest BCUT2D eigenvalue weighted by molar-refractivity contribution is 7.99. The van der Waals surface area contributed by atoms with Gasteiger partial charge in [0.1, 0.15) is 5.75 Å². The molecule has 0 aliphatic rings. The molecule has 1 aromatic heterocycles. The number of ether oxygens (including phenoxy) is 2. The molecule has 0 bridgehead atoms. The second-order valence-corrected chi connectivity index (χ2v) is 8.26. The predicted octanol–water partition coefficient (Wildman–Crippen LogP) is 5.37. The van der Waals surface area contributed by atoms with Crippen LogP contribution in [0.5, 0.6) is 17.4 Å². The van der Waals surface area contributed by atoms with Crippen molar-refractivity contribution in [2.45, 2.75) is 45.2 Å². The Morgan fingerprint density at radius 3 is 2.42 bits per heavy atom. The minimum atomic E-state index is -1.44. The maximum Gasteiger partial charge on any atom is 0.511 e. The van der Waals surface area contributed by atoms with Crippen LogP contribution in [-0.2, 0) is 5.41 Å². The lowest BCUT2D eigenvalue weighted by Gasteiger charge is -2.19. The summed E-state index contributed by atoms with van der Waals surface area (Å²) in [5.41, 5.74) is 1.20. The highest BCUT2D eigenvalue weighted by Crippen LogP contribution is 2.32. The molecule has 0 aliphatic heterocycles. The summed E-state index contributed by atoms with van der Waals surface area (Å²) in [6.45, 7) is 10.6. The van der Waals surface area contributed by atoms with Gasteiger partial charge in [-0.25, -0.2) is 9.78 Å². The van der Waals surface area contributed by atoms with Crippen LogP contribution in [0.4, 0.5) is 4.79 Å². The van der Waals surface area contributed by atoms with E-state index in [4.69, 9.17) is 14.6 Å². The van der Waals surface area contributed by atoms with E-state index in [9.17, 15) is 4.79 Å². The van der Waals surface area contributed by atoms with Crippen molar-refractivity contribution in [1.29, 1.82) is 0 Å². The number of rotatable bonds is 6. The van der Waals surface area contributed by atoms with Crippen LogP contribution in [0.15, 0.2) is 35.6 Å². The number of hydrogen-bond donors (Lipinski definition) is 1. The molecule has 2 aromatic rings. The Labute approximate surface area is 158 Å². The first-order valence-electron chi connectivity index (χ1n) is 8.34. The molecule has 6 nitrogen and oxygen atoms in total. The van der Waals surface area contributed by atoms with Crippen LogP contribution in [0.2, 0.25) is 0 Å². The van der Waals surface area contributed by atoms with Crippen molar-refractivity contribution in [3.8, 4) is 17.4 Å². The van der Waals surface area contributed by atoms with Crippen LogP contribution in [0.25, 0.3) is 0 Å². The number of nitrogens with zero attached hydrogens (tertiary/aromatic N) is 2. The third-order valence-corrected chi connectivity index (χ3v) is 4.67. The Bertz CT molecular complexity index is 755. The average Bonchev–Trinajstić information content (AvgIpc) is 2.54. The van der Waals surface area contributed by atoms with Crippen molar-refractivity contribution in [3.63, 3.8) is 0 Å². The van der Waals surface area contributed by atoms with Gasteiger partial charge in [-0.2, -0.15) is 4.98 Å². The van der Waals surface area contributed by atoms with Crippen molar-refractivity contribution < 1.29 is 19.4 Å². The molecule has 0 atom stereocenters. The molecule has 0 unspecified atom stereocenters. The Morgan fingerprint density at radius 1 is 1.23 bits per heavy atom. The summed E-state index contributed by atoms with van der Waals surface area (Å²) in [6.07, 6.45) is -0.119. The molecular weight excluding hydrogens is 352 g/mol. The summed E-state index contributed by atoms with van der Waals surface area (Å²) < 4.78 is 10.5. The van der Waals surface area contributed by atoms with E-state index in [1.165, 1.54) is 23.5 Å². The zero-order chi connectivity index (χ0) is 19.3. The minimum Gasteiger partial charge on any atom is -0.449 e. The highest BCUT2D eigenvalue weighted by Gasteiger charge is 2.17. The Kier molecular flexibility index (Phi) is 6.47. The standard InChI is InChI=1S/C19H24N2O4S/c1-12(2)11-26-17-20-10-15(25-18(22)23)16(21-17)24-14-8-6-13(7-9-14)19(3,4)5/h6-10,12H,11H2,1-5H3,(H,22,23). The number of hydrogen-bond acceptors (Lipinski definition) is 6. The summed E-state index contributed by atoms with van der Waals surface area (Å²) in [5, 5.41) is 9.40. The first kappa shape index (κ1) is 20.0. The summed E-state index contributed by atoms with van der Waals surface area (Å²) in [7, 11) is 0. The van der Waals surface area contributed by atoms with Gasteiger partial charge in [0, 0.05) is 5.75 Å². The number of aromatic nitrogens is 2. The van der Waals surface area contributed by atoms with Crippen molar-refractivity contribution >= 4 is 17.9 Å². The van der Waals surface area contributed by atoms with E-state index in [2.05, 4.69) is 44.6 Å². The Hall–Kier alpha value is -2.28. The van der Waals surface area contributed by atoms with Gasteiger partial charge in [-0.3, -0.25) is 0 Å². The second-order valence-electron chi connectivity index (χ2n) is 7.27. The van der Waals surface area contributed by atoms with E-state index in [1.54, 1.807) is 0 Å². The molecule has 1 heterocycles. The predicted molar refractivity (Wildman–Crippen MR) is 101 cm³/mol. The highest BCUT2D eigenvalue weighted by atomic mass is 32.2. The van der Waals surface area contributed by atoms with Crippen LogP contribution in [0, 0.1) is 5.92 Å². The summed E-state index contributed by atoms with van der Waals surface area (Å²) in [5.74, 6) is 1.92. The Balaban J connectivity index is 2.26. The molecule has 26 heavy (non-hydrogen) atoms. The number of carboxylic acid groups (broad SMARTS) is 1. The molecule has 0 saturated heterocycles. The van der Waals surface area contributed by atoms with E-state index in [0.717, 1.165) is 5.75 Å². The number of carbonyl (C=O) groups is 1. The average molecular weight is 376 g/mol. The van der Waals surface area contributed by atoms with E-state index in [-0.39, 0.29) is 17.0 Å². The van der Waals surface area contributed by atoms with Gasteiger partial charge in [-0.05, 0) is 29.0 Å². The molecular formula is C19H24N2O4S. The lowest BCUT2D eigenvalue weighted by atomic mass is 9.87. The first-order valence-corrected chi connectivity index (χ1v) is 9.32. The van der Waals surface area contributed by atoms with E-state index in [1.807, 2.05) is 24.3 Å². The van der Waals surface area contributed by atoms with Gasteiger partial charge in [-0.1, -0.05) is 58.5 Å². The second kappa shape index (κ2) is 8.40. The zero-order valence-electron chi connectivity index (χ0n) is 15.6. The van der Waals surface area contributed by atoms with Gasteiger partial charge >= 0.3 is 6.16 Å². The maximum atomic E-state index is 10.9. The largest absolute Gasteiger partial charge is 0.511 e. The van der Waals surface area contributed by atoms with E-state index in [0.29, 0.717) is 16.8 Å². The van der Waals surface area contributed by atoms with Crippen LogP contribution >= 0.6 is 11.8 Å². The molecule has 0 amide bonds. The fourth-order valence-electron chi connectivity index (χ4n) is 2.02. The van der Waals surface area contributed by atoms with E-state index < -0.39 is 6.16 Å². The van der Waals surface area contributed by atoms with Crippen LogP contribution in [-0.4, -0.2) is 27.0 Å². The van der Waals surface area contributed by atoms with Crippen molar-refractivity contribution in [1.82, 2.24) is 9.97 Å². The molecule has 0 radical (unpaired) electrons. The van der Waals surface area contributed by atoms with Gasteiger partial charge in [0.2, 0.25) is 5.75 Å². The third kappa shape index (κ3) is 5.91. The normalized spacial score (nSPS) is 11.5. The quantitative estimate of drug-likeness (QED) is 0.412. The van der Waals surface area contributed by atoms with Gasteiger partial charge in [0.15, 0.2) is 5.16 Å². The van der Waals surface area contributed by atoms with Crippen LogP contribution < -0.4 is 9.47 Å². The van der Waals surface area contributed by atoms with Crippen LogP contribution in [0.3, 0.4) is 0 Å². The third-order valence-electron chi connectivity index (χ3n) is 3.38. The lowest BCUT2D eigenvalue weighted by Crippen LogP contribution is -2.10. The van der Waals surface area contributed by atoms with Gasteiger partial charge < -0.3 is 14.6 Å². The summed E-state index contributed by atoms with van der Waals surface area (Å²) in [6, 6.07) is 7.60. The zero-order valence-corrected chi connectivity index (χ0v) is 16.5. The first-order chi connectivity index (χ1) is 12.1. The van der Waals surface area contributed by atoms with Gasteiger partial charge in [0.25, 0.3) is 5.88 Å². The minimum absolute atomic E-state index is 0.0334. The van der Waals surface area contributed by atoms with Crippen molar-refractivity contribution in [3.05, 3.63) is 36.0 Å². The Morgan fingerprint density at radius 2 is 1.88 bits per heavy atom.